The standard InChI is InChI=1S/C15H22N4O/c1-10-4-7-13-8-6-12(9-14(13)17-10)5-3-11(2)18-19-15(16)20/h6,8-10,17H,3-5,7H2,1-2H3,(H3,16,19,20). The third kappa shape index (κ3) is 3.98. The minimum atomic E-state index is -0.628. The van der Waals surface area contributed by atoms with Gasteiger partial charge in [0.05, 0.1) is 0 Å². The van der Waals surface area contributed by atoms with Crippen molar-refractivity contribution in [2.75, 3.05) is 5.32 Å². The first kappa shape index (κ1) is 14.4. The first-order valence-corrected chi connectivity index (χ1v) is 7.01. The Hall–Kier alpha value is -2.04. The maximum atomic E-state index is 10.6. The Balaban J connectivity index is 1.95. The molecule has 1 heterocycles. The average molecular weight is 274 g/mol. The van der Waals surface area contributed by atoms with Gasteiger partial charge in [0, 0.05) is 17.4 Å². The van der Waals surface area contributed by atoms with Crippen LogP contribution in [0.2, 0.25) is 0 Å². The molecule has 1 aliphatic heterocycles. The molecule has 0 saturated heterocycles. The van der Waals surface area contributed by atoms with E-state index in [1.807, 2.05) is 6.92 Å². The fourth-order valence-corrected chi connectivity index (χ4v) is 2.37. The fourth-order valence-electron chi connectivity index (χ4n) is 2.37. The van der Waals surface area contributed by atoms with Gasteiger partial charge in [0.2, 0.25) is 0 Å². The van der Waals surface area contributed by atoms with Gasteiger partial charge >= 0.3 is 6.03 Å². The van der Waals surface area contributed by atoms with Crippen LogP contribution in [0.15, 0.2) is 23.3 Å². The van der Waals surface area contributed by atoms with Crippen LogP contribution in [0.25, 0.3) is 0 Å². The molecule has 0 saturated carbocycles. The van der Waals surface area contributed by atoms with Crippen molar-refractivity contribution in [3.05, 3.63) is 29.3 Å². The highest BCUT2D eigenvalue weighted by Gasteiger charge is 2.13. The SMILES string of the molecule is CC(CCc1ccc2c(c1)NC(C)CC2)=NNC(N)=O. The summed E-state index contributed by atoms with van der Waals surface area (Å²) in [6.45, 7) is 4.09. The first-order valence-electron chi connectivity index (χ1n) is 7.01. The number of urea groups is 1. The Morgan fingerprint density at radius 1 is 1.55 bits per heavy atom. The molecule has 2 rings (SSSR count). The van der Waals surface area contributed by atoms with Crippen molar-refractivity contribution in [3.63, 3.8) is 0 Å². The molecule has 0 spiro atoms. The zero-order valence-electron chi connectivity index (χ0n) is 12.1. The number of hydrazone groups is 1. The third-order valence-electron chi connectivity index (χ3n) is 3.56. The van der Waals surface area contributed by atoms with Gasteiger partial charge in [0.25, 0.3) is 0 Å². The monoisotopic (exact) mass is 274 g/mol. The predicted octanol–water partition coefficient (Wildman–Crippen LogP) is 2.41. The number of amides is 2. The van der Waals surface area contributed by atoms with Crippen molar-refractivity contribution >= 4 is 17.4 Å². The topological polar surface area (TPSA) is 79.5 Å². The van der Waals surface area contributed by atoms with E-state index in [1.54, 1.807) is 0 Å². The fraction of sp³-hybridized carbons (Fsp3) is 0.467. The molecule has 1 aliphatic rings. The second-order valence-corrected chi connectivity index (χ2v) is 5.40. The second kappa shape index (κ2) is 6.41. The summed E-state index contributed by atoms with van der Waals surface area (Å²) >= 11 is 0. The average Bonchev–Trinajstić information content (AvgIpc) is 2.42. The van der Waals surface area contributed by atoms with Crippen molar-refractivity contribution in [1.82, 2.24) is 5.43 Å². The van der Waals surface area contributed by atoms with Crippen LogP contribution >= 0.6 is 0 Å². The number of fused-ring (bicyclic) bond motifs is 1. The normalized spacial score (nSPS) is 18.1. The molecule has 5 nitrogen and oxygen atoms in total. The molecule has 1 unspecified atom stereocenters. The Morgan fingerprint density at radius 3 is 3.10 bits per heavy atom. The molecule has 1 aromatic rings. The van der Waals surface area contributed by atoms with E-state index in [0.29, 0.717) is 6.04 Å². The number of anilines is 1. The molecule has 20 heavy (non-hydrogen) atoms. The largest absolute Gasteiger partial charge is 0.382 e. The van der Waals surface area contributed by atoms with Crippen LogP contribution in [0.4, 0.5) is 10.5 Å². The van der Waals surface area contributed by atoms with Crippen LogP contribution in [-0.2, 0) is 12.8 Å². The van der Waals surface area contributed by atoms with E-state index in [2.05, 4.69) is 41.0 Å². The molecule has 1 atom stereocenters. The molecule has 0 aromatic heterocycles. The zero-order chi connectivity index (χ0) is 14.5. The summed E-state index contributed by atoms with van der Waals surface area (Å²) in [5.41, 5.74) is 12.0. The molecule has 5 heteroatoms. The first-order chi connectivity index (χ1) is 9.54. The summed E-state index contributed by atoms with van der Waals surface area (Å²) in [7, 11) is 0. The number of rotatable bonds is 4. The maximum Gasteiger partial charge on any atom is 0.332 e. The lowest BCUT2D eigenvalue weighted by Crippen LogP contribution is -2.25. The maximum absolute atomic E-state index is 10.6. The van der Waals surface area contributed by atoms with Crippen molar-refractivity contribution < 1.29 is 4.79 Å². The second-order valence-electron chi connectivity index (χ2n) is 5.40. The van der Waals surface area contributed by atoms with Crippen molar-refractivity contribution in [2.45, 2.75) is 45.6 Å². The Morgan fingerprint density at radius 2 is 2.35 bits per heavy atom. The van der Waals surface area contributed by atoms with Crippen LogP contribution in [0, 0.1) is 0 Å². The summed E-state index contributed by atoms with van der Waals surface area (Å²) < 4.78 is 0. The van der Waals surface area contributed by atoms with E-state index in [0.717, 1.165) is 25.0 Å². The van der Waals surface area contributed by atoms with E-state index in [4.69, 9.17) is 5.73 Å². The minimum absolute atomic E-state index is 0.542. The van der Waals surface area contributed by atoms with Crippen LogP contribution in [-0.4, -0.2) is 17.8 Å². The van der Waals surface area contributed by atoms with Crippen LogP contribution in [0.1, 0.15) is 37.8 Å². The summed E-state index contributed by atoms with van der Waals surface area (Å²) in [5.74, 6) is 0. The molecule has 0 bridgehead atoms. The number of hydrogen-bond donors (Lipinski definition) is 3. The molecule has 2 amide bonds. The van der Waals surface area contributed by atoms with Crippen LogP contribution in [0.3, 0.4) is 0 Å². The Labute approximate surface area is 119 Å². The summed E-state index contributed by atoms with van der Waals surface area (Å²) in [6.07, 6.45) is 4.04. The number of nitrogens with one attached hydrogen (secondary N) is 2. The van der Waals surface area contributed by atoms with E-state index in [9.17, 15) is 4.79 Å². The van der Waals surface area contributed by atoms with Gasteiger partial charge in [0.1, 0.15) is 0 Å². The summed E-state index contributed by atoms with van der Waals surface area (Å²) in [6, 6.07) is 6.51. The molecule has 0 aliphatic carbocycles. The van der Waals surface area contributed by atoms with Crippen molar-refractivity contribution in [1.29, 1.82) is 0 Å². The zero-order valence-corrected chi connectivity index (χ0v) is 12.1. The summed E-state index contributed by atoms with van der Waals surface area (Å²) in [4.78, 5) is 10.6. The predicted molar refractivity (Wildman–Crippen MR) is 82.0 cm³/mol. The highest BCUT2D eigenvalue weighted by Crippen LogP contribution is 2.26. The molecule has 0 radical (unpaired) electrons. The minimum Gasteiger partial charge on any atom is -0.382 e. The number of carbonyl (C=O) groups is 1. The molecule has 0 fully saturated rings. The quantitative estimate of drug-likeness (QED) is 0.582. The number of aryl methyl sites for hydroxylation is 2. The smallest absolute Gasteiger partial charge is 0.332 e. The van der Waals surface area contributed by atoms with Crippen LogP contribution < -0.4 is 16.5 Å². The molecule has 4 N–H and O–H groups in total. The highest BCUT2D eigenvalue weighted by molar-refractivity contribution is 5.83. The molecular weight excluding hydrogens is 252 g/mol. The highest BCUT2D eigenvalue weighted by atomic mass is 16.2. The van der Waals surface area contributed by atoms with E-state index >= 15 is 0 Å². The van der Waals surface area contributed by atoms with E-state index in [-0.39, 0.29) is 0 Å². The van der Waals surface area contributed by atoms with Gasteiger partial charge in [-0.25, -0.2) is 10.2 Å². The number of benzene rings is 1. The molecule has 108 valence electrons. The number of primary amides is 1. The number of carbonyl (C=O) groups excluding carboxylic acids is 1. The third-order valence-corrected chi connectivity index (χ3v) is 3.56. The Kier molecular flexibility index (Phi) is 4.61. The van der Waals surface area contributed by atoms with Crippen LogP contribution in [0.5, 0.6) is 0 Å². The lowest BCUT2D eigenvalue weighted by atomic mass is 9.96. The van der Waals surface area contributed by atoms with Gasteiger partial charge in [-0.05, 0) is 56.7 Å². The number of nitrogens with zero attached hydrogens (tertiary/aromatic N) is 1. The van der Waals surface area contributed by atoms with Crippen molar-refractivity contribution in [2.24, 2.45) is 10.8 Å². The van der Waals surface area contributed by atoms with Crippen molar-refractivity contribution in [3.8, 4) is 0 Å². The molecule has 1 aromatic carbocycles. The molecular formula is C15H22N4O. The van der Waals surface area contributed by atoms with E-state index in [1.165, 1.54) is 23.2 Å². The Bertz CT molecular complexity index is 525. The van der Waals surface area contributed by atoms with Gasteiger partial charge in [-0.2, -0.15) is 5.10 Å². The van der Waals surface area contributed by atoms with Gasteiger partial charge in [0.15, 0.2) is 0 Å². The number of nitrogens with two attached hydrogens (primary N) is 1. The summed E-state index contributed by atoms with van der Waals surface area (Å²) in [5, 5.41) is 7.44. The van der Waals surface area contributed by atoms with Gasteiger partial charge < -0.3 is 11.1 Å². The number of hydrogen-bond acceptors (Lipinski definition) is 3. The lowest BCUT2D eigenvalue weighted by Gasteiger charge is -2.24. The van der Waals surface area contributed by atoms with Gasteiger partial charge in [-0.1, -0.05) is 12.1 Å². The van der Waals surface area contributed by atoms with Gasteiger partial charge in [-0.3, -0.25) is 0 Å². The lowest BCUT2D eigenvalue weighted by molar-refractivity contribution is 0.249. The van der Waals surface area contributed by atoms with Gasteiger partial charge in [-0.15, -0.1) is 0 Å². The van der Waals surface area contributed by atoms with E-state index < -0.39 is 6.03 Å².